The van der Waals surface area contributed by atoms with Gasteiger partial charge >= 0.3 is 5.97 Å². The Morgan fingerprint density at radius 1 is 1.03 bits per heavy atom. The fourth-order valence-corrected chi connectivity index (χ4v) is 4.95. The quantitative estimate of drug-likeness (QED) is 0.280. The van der Waals surface area contributed by atoms with E-state index in [0.29, 0.717) is 57.8 Å². The number of carboxylic acids is 1. The fraction of sp³-hybridized carbons (Fsp3) is 0.286. The van der Waals surface area contributed by atoms with Gasteiger partial charge in [0.1, 0.15) is 11.6 Å². The van der Waals surface area contributed by atoms with Crippen molar-refractivity contribution >= 4 is 28.6 Å². The fourth-order valence-electron chi connectivity index (χ4n) is 4.79. The molecule has 0 radical (unpaired) electrons. The van der Waals surface area contributed by atoms with Crippen molar-refractivity contribution < 1.29 is 23.4 Å². The molecule has 1 heterocycles. The third kappa shape index (κ3) is 5.21. The van der Waals surface area contributed by atoms with E-state index < -0.39 is 17.6 Å². The molecule has 0 unspecified atom stereocenters. The Morgan fingerprint density at radius 3 is 2.44 bits per heavy atom. The first kappa shape index (κ1) is 24.3. The highest BCUT2D eigenvalue weighted by Gasteiger charge is 2.21. The lowest BCUT2D eigenvalue weighted by molar-refractivity contribution is -0.136. The smallest absolute Gasteiger partial charge is 0.307 e. The molecule has 3 aromatic carbocycles. The second-order valence-corrected chi connectivity index (χ2v) is 9.70. The van der Waals surface area contributed by atoms with Crippen LogP contribution < -0.4 is 4.74 Å². The van der Waals surface area contributed by atoms with Crippen molar-refractivity contribution in [1.82, 2.24) is 9.55 Å². The average molecular weight is 511 g/mol. The normalized spacial score (nSPS) is 14.0. The molecule has 1 aliphatic rings. The van der Waals surface area contributed by atoms with Crippen LogP contribution in [0.1, 0.15) is 36.8 Å². The molecule has 0 bridgehead atoms. The standard InChI is InChI=1S/C28H25ClF2N2O3/c29-20-9-10-21(26(12-20)36-16-19-3-1-2-4-19)28-32-24-13-22(30)23(31)14-25(24)33(28)15-18-7-5-17(6-8-18)11-27(34)35/h5-10,12-14,19H,1-4,11,15-16H2,(H,34,35). The number of imidazole rings is 1. The highest BCUT2D eigenvalue weighted by Crippen LogP contribution is 2.36. The Balaban J connectivity index is 1.57. The van der Waals surface area contributed by atoms with Crippen molar-refractivity contribution in [3.05, 3.63) is 82.4 Å². The first-order valence-corrected chi connectivity index (χ1v) is 12.3. The largest absolute Gasteiger partial charge is 0.492 e. The molecule has 1 N–H and O–H groups in total. The lowest BCUT2D eigenvalue weighted by atomic mass is 10.1. The molecule has 5 rings (SSSR count). The van der Waals surface area contributed by atoms with Crippen LogP contribution in [0.3, 0.4) is 0 Å². The van der Waals surface area contributed by atoms with E-state index in [0.717, 1.165) is 30.5 Å². The third-order valence-corrected chi connectivity index (χ3v) is 6.88. The number of aromatic nitrogens is 2. The molecular weight excluding hydrogens is 486 g/mol. The number of rotatable bonds is 8. The molecule has 8 heteroatoms. The van der Waals surface area contributed by atoms with Gasteiger partial charge < -0.3 is 14.4 Å². The van der Waals surface area contributed by atoms with Gasteiger partial charge in [0.05, 0.1) is 29.6 Å². The number of aliphatic carboxylic acids is 1. The number of fused-ring (bicyclic) bond motifs is 1. The number of benzene rings is 3. The van der Waals surface area contributed by atoms with E-state index in [1.54, 1.807) is 24.3 Å². The molecule has 1 saturated carbocycles. The van der Waals surface area contributed by atoms with E-state index in [1.807, 2.05) is 22.8 Å². The van der Waals surface area contributed by atoms with Crippen molar-refractivity contribution in [2.45, 2.75) is 38.6 Å². The number of nitrogens with zero attached hydrogens (tertiary/aromatic N) is 2. The van der Waals surface area contributed by atoms with E-state index >= 15 is 0 Å². The highest BCUT2D eigenvalue weighted by atomic mass is 35.5. The predicted octanol–water partition coefficient (Wildman–Crippen LogP) is 6.88. The Morgan fingerprint density at radius 2 is 1.72 bits per heavy atom. The lowest BCUT2D eigenvalue weighted by Crippen LogP contribution is -2.09. The van der Waals surface area contributed by atoms with Gasteiger partial charge in [-0.15, -0.1) is 0 Å². The first-order valence-electron chi connectivity index (χ1n) is 11.9. The van der Waals surface area contributed by atoms with Gasteiger partial charge in [-0.1, -0.05) is 48.7 Å². The Labute approximate surface area is 212 Å². The summed E-state index contributed by atoms with van der Waals surface area (Å²) >= 11 is 6.29. The van der Waals surface area contributed by atoms with E-state index in [1.165, 1.54) is 12.8 Å². The van der Waals surface area contributed by atoms with Gasteiger partial charge in [-0.2, -0.15) is 0 Å². The van der Waals surface area contributed by atoms with Crippen LogP contribution in [0.4, 0.5) is 8.78 Å². The minimum atomic E-state index is -0.967. The summed E-state index contributed by atoms with van der Waals surface area (Å²) in [5.41, 5.74) is 2.97. The summed E-state index contributed by atoms with van der Waals surface area (Å²) in [6, 6.07) is 14.7. The van der Waals surface area contributed by atoms with Crippen molar-refractivity contribution in [3.63, 3.8) is 0 Å². The molecular formula is C28H25ClF2N2O3. The molecule has 4 aromatic rings. The van der Waals surface area contributed by atoms with Crippen molar-refractivity contribution in [2.24, 2.45) is 5.92 Å². The number of hydrogen-bond donors (Lipinski definition) is 1. The van der Waals surface area contributed by atoms with Crippen molar-refractivity contribution in [2.75, 3.05) is 6.61 Å². The monoisotopic (exact) mass is 510 g/mol. The maximum atomic E-state index is 14.3. The van der Waals surface area contributed by atoms with Crippen LogP contribution >= 0.6 is 11.6 Å². The first-order chi connectivity index (χ1) is 17.4. The van der Waals surface area contributed by atoms with Crippen LogP contribution in [-0.2, 0) is 17.8 Å². The zero-order valence-electron chi connectivity index (χ0n) is 19.5. The van der Waals surface area contributed by atoms with Gasteiger partial charge in [-0.25, -0.2) is 13.8 Å². The number of halogens is 3. The SMILES string of the molecule is O=C(O)Cc1ccc(Cn2c(-c3ccc(Cl)cc3OCC3CCCC3)nc3cc(F)c(F)cc32)cc1. The summed E-state index contributed by atoms with van der Waals surface area (Å²) in [6.07, 6.45) is 4.59. The topological polar surface area (TPSA) is 64.3 Å². The summed E-state index contributed by atoms with van der Waals surface area (Å²) in [6.45, 7) is 0.886. The Kier molecular flexibility index (Phi) is 6.92. The molecule has 186 valence electrons. The molecule has 1 aromatic heterocycles. The summed E-state index contributed by atoms with van der Waals surface area (Å²) < 4.78 is 36.4. The van der Waals surface area contributed by atoms with Gasteiger partial charge in [-0.3, -0.25) is 4.79 Å². The van der Waals surface area contributed by atoms with Crippen LogP contribution in [0.5, 0.6) is 5.75 Å². The maximum absolute atomic E-state index is 14.3. The van der Waals surface area contributed by atoms with Gasteiger partial charge in [0, 0.05) is 23.7 Å². The number of ether oxygens (including phenoxy) is 1. The second-order valence-electron chi connectivity index (χ2n) is 9.27. The van der Waals surface area contributed by atoms with E-state index in [-0.39, 0.29) is 6.42 Å². The van der Waals surface area contributed by atoms with E-state index in [2.05, 4.69) is 4.98 Å². The van der Waals surface area contributed by atoms with Crippen LogP contribution in [0, 0.1) is 17.6 Å². The second kappa shape index (κ2) is 10.3. The van der Waals surface area contributed by atoms with Crippen molar-refractivity contribution in [1.29, 1.82) is 0 Å². The molecule has 0 aliphatic heterocycles. The summed E-state index contributed by atoms with van der Waals surface area (Å²) in [4.78, 5) is 15.7. The van der Waals surface area contributed by atoms with Crippen LogP contribution in [-0.4, -0.2) is 27.2 Å². The average Bonchev–Trinajstić information content (AvgIpc) is 3.48. The molecule has 0 saturated heterocycles. The minimum absolute atomic E-state index is 0.0729. The van der Waals surface area contributed by atoms with Gasteiger partial charge in [0.25, 0.3) is 0 Å². The number of carboxylic acid groups (broad SMARTS) is 1. The lowest BCUT2D eigenvalue weighted by Gasteiger charge is -2.16. The number of carbonyl (C=O) groups is 1. The van der Waals surface area contributed by atoms with E-state index in [9.17, 15) is 13.6 Å². The highest BCUT2D eigenvalue weighted by molar-refractivity contribution is 6.30. The van der Waals surface area contributed by atoms with Gasteiger partial charge in [0.2, 0.25) is 0 Å². The summed E-state index contributed by atoms with van der Waals surface area (Å²) in [7, 11) is 0. The van der Waals surface area contributed by atoms with E-state index in [4.69, 9.17) is 21.4 Å². The van der Waals surface area contributed by atoms with Gasteiger partial charge in [-0.05, 0) is 48.1 Å². The molecule has 0 amide bonds. The third-order valence-electron chi connectivity index (χ3n) is 6.64. The van der Waals surface area contributed by atoms with Crippen LogP contribution in [0.2, 0.25) is 5.02 Å². The molecule has 36 heavy (non-hydrogen) atoms. The van der Waals surface area contributed by atoms with Crippen molar-refractivity contribution in [3.8, 4) is 17.1 Å². The Hall–Kier alpha value is -3.45. The molecule has 0 atom stereocenters. The molecule has 1 fully saturated rings. The minimum Gasteiger partial charge on any atom is -0.492 e. The zero-order chi connectivity index (χ0) is 25.2. The van der Waals surface area contributed by atoms with Gasteiger partial charge in [0.15, 0.2) is 11.6 Å². The Bertz CT molecular complexity index is 1410. The molecule has 5 nitrogen and oxygen atoms in total. The predicted molar refractivity (Wildman–Crippen MR) is 134 cm³/mol. The van der Waals surface area contributed by atoms with Crippen LogP contribution in [0.15, 0.2) is 54.6 Å². The summed E-state index contributed by atoms with van der Waals surface area (Å²) in [5.74, 6) is -1.27. The maximum Gasteiger partial charge on any atom is 0.307 e. The van der Waals surface area contributed by atoms with Crippen LogP contribution in [0.25, 0.3) is 22.4 Å². The molecule has 0 spiro atoms. The number of hydrogen-bond acceptors (Lipinski definition) is 3. The molecule has 1 aliphatic carbocycles. The zero-order valence-corrected chi connectivity index (χ0v) is 20.3. The summed E-state index contributed by atoms with van der Waals surface area (Å²) in [5, 5.41) is 9.55.